The van der Waals surface area contributed by atoms with E-state index in [1.165, 1.54) is 8.61 Å². The zero-order valence-electron chi connectivity index (χ0n) is 11.1. The van der Waals surface area contributed by atoms with E-state index in [1.807, 2.05) is 24.3 Å². The predicted molar refractivity (Wildman–Crippen MR) is 75.4 cm³/mol. The van der Waals surface area contributed by atoms with E-state index in [2.05, 4.69) is 0 Å². The van der Waals surface area contributed by atoms with E-state index in [-0.39, 0.29) is 6.61 Å². The Morgan fingerprint density at radius 1 is 1.37 bits per heavy atom. The van der Waals surface area contributed by atoms with E-state index in [1.54, 1.807) is 7.05 Å². The third-order valence-corrected chi connectivity index (χ3v) is 5.28. The Morgan fingerprint density at radius 2 is 2.11 bits per heavy atom. The molecule has 0 aliphatic carbocycles. The smallest absolute Gasteiger partial charge is 0.303 e. The standard InChI is InChI=1S/C13H20N2O3S/c1-14(9-5-11-16)19(17,18)15-10-4-7-12-6-2-3-8-13(12)15/h2-3,6,8,16H,4-5,7,9-11H2,1H3. The molecule has 1 aliphatic rings. The summed E-state index contributed by atoms with van der Waals surface area (Å²) in [7, 11) is -1.93. The molecule has 1 N–H and O–H groups in total. The molecule has 0 atom stereocenters. The van der Waals surface area contributed by atoms with E-state index >= 15 is 0 Å². The van der Waals surface area contributed by atoms with Crippen molar-refractivity contribution in [1.82, 2.24) is 4.31 Å². The third kappa shape index (κ3) is 2.91. The Hall–Kier alpha value is -1.11. The summed E-state index contributed by atoms with van der Waals surface area (Å²) in [4.78, 5) is 0. The third-order valence-electron chi connectivity index (χ3n) is 3.37. The summed E-state index contributed by atoms with van der Waals surface area (Å²) in [6, 6.07) is 7.63. The van der Waals surface area contributed by atoms with Gasteiger partial charge in [-0.3, -0.25) is 4.31 Å². The van der Waals surface area contributed by atoms with E-state index in [4.69, 9.17) is 5.11 Å². The van der Waals surface area contributed by atoms with Crippen LogP contribution >= 0.6 is 0 Å². The number of aryl methyl sites for hydroxylation is 1. The van der Waals surface area contributed by atoms with Crippen LogP contribution in [0.15, 0.2) is 24.3 Å². The normalized spacial score (nSPS) is 15.6. The molecule has 1 aliphatic heterocycles. The first-order valence-corrected chi connectivity index (χ1v) is 7.90. The number of hydrogen-bond acceptors (Lipinski definition) is 3. The Morgan fingerprint density at radius 3 is 2.84 bits per heavy atom. The highest BCUT2D eigenvalue weighted by Crippen LogP contribution is 2.29. The fourth-order valence-corrected chi connectivity index (χ4v) is 3.80. The molecule has 0 radical (unpaired) electrons. The number of fused-ring (bicyclic) bond motifs is 1. The van der Waals surface area contributed by atoms with Gasteiger partial charge in [0.2, 0.25) is 0 Å². The number of aliphatic hydroxyl groups excluding tert-OH is 1. The molecule has 0 fully saturated rings. The first-order chi connectivity index (χ1) is 9.07. The molecular formula is C13H20N2O3S. The largest absolute Gasteiger partial charge is 0.396 e. The van der Waals surface area contributed by atoms with E-state index < -0.39 is 10.2 Å². The summed E-state index contributed by atoms with van der Waals surface area (Å²) in [6.45, 7) is 0.844. The van der Waals surface area contributed by atoms with Gasteiger partial charge in [-0.25, -0.2) is 0 Å². The second-order valence-electron chi connectivity index (χ2n) is 4.71. The first kappa shape index (κ1) is 14.3. The highest BCUT2D eigenvalue weighted by Gasteiger charge is 2.30. The molecule has 1 aromatic rings. The molecule has 5 nitrogen and oxygen atoms in total. The molecule has 0 bridgehead atoms. The van der Waals surface area contributed by atoms with Crippen molar-refractivity contribution >= 4 is 15.9 Å². The van der Waals surface area contributed by atoms with Gasteiger partial charge in [0, 0.05) is 26.7 Å². The number of nitrogens with zero attached hydrogens (tertiary/aromatic N) is 2. The molecular weight excluding hydrogens is 264 g/mol. The lowest BCUT2D eigenvalue weighted by molar-refractivity contribution is 0.275. The Kier molecular flexibility index (Phi) is 4.44. The number of para-hydroxylation sites is 1. The second kappa shape index (κ2) is 5.90. The minimum Gasteiger partial charge on any atom is -0.396 e. The van der Waals surface area contributed by atoms with Crippen molar-refractivity contribution in [2.75, 3.05) is 31.0 Å². The zero-order chi connectivity index (χ0) is 13.9. The number of rotatable bonds is 5. The lowest BCUT2D eigenvalue weighted by Gasteiger charge is -2.33. The molecule has 6 heteroatoms. The van der Waals surface area contributed by atoms with Gasteiger partial charge in [0.05, 0.1) is 5.69 Å². The van der Waals surface area contributed by atoms with Crippen LogP contribution in [0.2, 0.25) is 0 Å². The second-order valence-corrected chi connectivity index (χ2v) is 6.67. The molecule has 0 aromatic heterocycles. The molecule has 106 valence electrons. The van der Waals surface area contributed by atoms with Crippen molar-refractivity contribution in [2.45, 2.75) is 19.3 Å². The number of anilines is 1. The van der Waals surface area contributed by atoms with Crippen LogP contribution in [0.25, 0.3) is 0 Å². The zero-order valence-corrected chi connectivity index (χ0v) is 11.9. The monoisotopic (exact) mass is 284 g/mol. The lowest BCUT2D eigenvalue weighted by atomic mass is 10.0. The molecule has 0 saturated carbocycles. The molecule has 0 unspecified atom stereocenters. The van der Waals surface area contributed by atoms with Gasteiger partial charge < -0.3 is 5.11 Å². The fourth-order valence-electron chi connectivity index (χ4n) is 2.32. The first-order valence-electron chi connectivity index (χ1n) is 6.50. The molecule has 0 saturated heterocycles. The molecule has 2 rings (SSSR count). The molecule has 1 heterocycles. The van der Waals surface area contributed by atoms with Crippen molar-refractivity contribution in [1.29, 1.82) is 0 Å². The van der Waals surface area contributed by atoms with E-state index in [0.29, 0.717) is 19.5 Å². The van der Waals surface area contributed by atoms with Crippen molar-refractivity contribution in [3.05, 3.63) is 29.8 Å². The fraction of sp³-hybridized carbons (Fsp3) is 0.538. The van der Waals surface area contributed by atoms with Crippen LogP contribution in [-0.4, -0.2) is 44.6 Å². The molecule has 0 amide bonds. The maximum atomic E-state index is 12.5. The van der Waals surface area contributed by atoms with Crippen LogP contribution in [0.1, 0.15) is 18.4 Å². The number of hydrogen-bond donors (Lipinski definition) is 1. The van der Waals surface area contributed by atoms with Gasteiger partial charge in [-0.1, -0.05) is 18.2 Å². The van der Waals surface area contributed by atoms with Gasteiger partial charge in [-0.05, 0) is 30.9 Å². The minimum atomic E-state index is -3.49. The summed E-state index contributed by atoms with van der Waals surface area (Å²) in [6.07, 6.45) is 2.21. The van der Waals surface area contributed by atoms with Crippen molar-refractivity contribution in [3.8, 4) is 0 Å². The summed E-state index contributed by atoms with van der Waals surface area (Å²) in [5.41, 5.74) is 1.86. The van der Waals surface area contributed by atoms with Crippen LogP contribution in [0.3, 0.4) is 0 Å². The van der Waals surface area contributed by atoms with Crippen LogP contribution in [0, 0.1) is 0 Å². The maximum Gasteiger partial charge on any atom is 0.303 e. The topological polar surface area (TPSA) is 60.9 Å². The van der Waals surface area contributed by atoms with Crippen LogP contribution in [0.5, 0.6) is 0 Å². The van der Waals surface area contributed by atoms with Crippen LogP contribution in [-0.2, 0) is 16.6 Å². The molecule has 19 heavy (non-hydrogen) atoms. The average molecular weight is 284 g/mol. The minimum absolute atomic E-state index is 0.00352. The van der Waals surface area contributed by atoms with Gasteiger partial charge in [0.1, 0.15) is 0 Å². The quantitative estimate of drug-likeness (QED) is 0.877. The summed E-state index contributed by atoms with van der Waals surface area (Å²) in [5.74, 6) is 0. The summed E-state index contributed by atoms with van der Waals surface area (Å²) >= 11 is 0. The number of benzene rings is 1. The van der Waals surface area contributed by atoms with E-state index in [0.717, 1.165) is 24.1 Å². The van der Waals surface area contributed by atoms with Crippen LogP contribution < -0.4 is 4.31 Å². The molecule has 1 aromatic carbocycles. The molecule has 0 spiro atoms. The Balaban J connectivity index is 2.27. The van der Waals surface area contributed by atoms with Crippen molar-refractivity contribution in [2.24, 2.45) is 0 Å². The van der Waals surface area contributed by atoms with E-state index in [9.17, 15) is 8.42 Å². The SMILES string of the molecule is CN(CCCO)S(=O)(=O)N1CCCc2ccccc21. The van der Waals surface area contributed by atoms with Gasteiger partial charge in [0.25, 0.3) is 0 Å². The number of aliphatic hydroxyl groups is 1. The lowest BCUT2D eigenvalue weighted by Crippen LogP contribution is -2.44. The summed E-state index contributed by atoms with van der Waals surface area (Å²) < 4.78 is 27.8. The highest BCUT2D eigenvalue weighted by atomic mass is 32.2. The predicted octanol–water partition coefficient (Wildman–Crippen LogP) is 0.998. The van der Waals surface area contributed by atoms with Crippen molar-refractivity contribution in [3.63, 3.8) is 0 Å². The Labute approximate surface area is 114 Å². The van der Waals surface area contributed by atoms with Gasteiger partial charge in [-0.2, -0.15) is 12.7 Å². The van der Waals surface area contributed by atoms with Gasteiger partial charge in [0.15, 0.2) is 0 Å². The average Bonchev–Trinajstić information content (AvgIpc) is 2.43. The summed E-state index contributed by atoms with van der Waals surface area (Å²) in [5, 5.41) is 8.81. The maximum absolute atomic E-state index is 12.5. The highest BCUT2D eigenvalue weighted by molar-refractivity contribution is 7.90. The van der Waals surface area contributed by atoms with Crippen molar-refractivity contribution < 1.29 is 13.5 Å². The van der Waals surface area contributed by atoms with Gasteiger partial charge in [-0.15, -0.1) is 0 Å². The van der Waals surface area contributed by atoms with Gasteiger partial charge >= 0.3 is 10.2 Å². The van der Waals surface area contributed by atoms with Crippen LogP contribution in [0.4, 0.5) is 5.69 Å². The Bertz CT molecular complexity index is 530.